The molecule has 0 N–H and O–H groups in total. The molecule has 2 heterocycles. The number of rotatable bonds is 5. The number of halogens is 1. The molecule has 1 aromatic heterocycles. The summed E-state index contributed by atoms with van der Waals surface area (Å²) >= 11 is 0. The zero-order chi connectivity index (χ0) is 17.2. The molecule has 25 heavy (non-hydrogen) atoms. The summed E-state index contributed by atoms with van der Waals surface area (Å²) in [6.07, 6.45) is 3.90. The van der Waals surface area contributed by atoms with Gasteiger partial charge in [0.25, 0.3) is 5.89 Å². The molecule has 1 atom stereocenters. The molecule has 1 aliphatic carbocycles. The van der Waals surface area contributed by atoms with Crippen molar-refractivity contribution in [2.75, 3.05) is 13.1 Å². The Morgan fingerprint density at radius 1 is 1.32 bits per heavy atom. The van der Waals surface area contributed by atoms with Crippen LogP contribution in [0.2, 0.25) is 0 Å². The molecular formula is C18H20FN3O3. The van der Waals surface area contributed by atoms with Crippen LogP contribution in [-0.2, 0) is 11.4 Å². The third kappa shape index (κ3) is 3.65. The minimum Gasteiger partial charge on any atom is -0.481 e. The number of carbonyl (C=O) groups excluding carboxylic acids is 1. The van der Waals surface area contributed by atoms with Crippen molar-refractivity contribution in [3.63, 3.8) is 0 Å². The first-order valence-corrected chi connectivity index (χ1v) is 8.69. The fourth-order valence-electron chi connectivity index (χ4n) is 3.17. The van der Waals surface area contributed by atoms with Gasteiger partial charge in [-0.05, 0) is 37.8 Å². The van der Waals surface area contributed by atoms with E-state index in [1.165, 1.54) is 6.07 Å². The van der Waals surface area contributed by atoms with Gasteiger partial charge in [0.1, 0.15) is 0 Å². The Balaban J connectivity index is 1.37. The summed E-state index contributed by atoms with van der Waals surface area (Å²) in [5.74, 6) is 1.21. The topological polar surface area (TPSA) is 68.5 Å². The summed E-state index contributed by atoms with van der Waals surface area (Å²) < 4.78 is 24.2. The number of piperidine rings is 1. The Morgan fingerprint density at radius 2 is 2.16 bits per heavy atom. The first-order chi connectivity index (χ1) is 12.2. The lowest BCUT2D eigenvalue weighted by Gasteiger charge is -2.31. The highest BCUT2D eigenvalue weighted by molar-refractivity contribution is 5.81. The van der Waals surface area contributed by atoms with E-state index in [1.54, 1.807) is 18.2 Å². The molecule has 1 amide bonds. The maximum absolute atomic E-state index is 13.5. The van der Waals surface area contributed by atoms with Crippen LogP contribution in [0, 0.1) is 11.7 Å². The van der Waals surface area contributed by atoms with Crippen LogP contribution in [0.5, 0.6) is 5.75 Å². The molecule has 1 unspecified atom stereocenters. The first kappa shape index (κ1) is 16.1. The predicted octanol–water partition coefficient (Wildman–Crippen LogP) is 2.90. The van der Waals surface area contributed by atoms with Crippen molar-refractivity contribution < 1.29 is 18.4 Å². The lowest BCUT2D eigenvalue weighted by molar-refractivity contribution is -0.133. The summed E-state index contributed by atoms with van der Waals surface area (Å²) in [5.41, 5.74) is 0. The lowest BCUT2D eigenvalue weighted by atomic mass is 9.97. The number of benzene rings is 1. The molecule has 0 spiro atoms. The second-order valence-corrected chi connectivity index (χ2v) is 6.66. The largest absolute Gasteiger partial charge is 0.481 e. The summed E-state index contributed by atoms with van der Waals surface area (Å²) in [7, 11) is 0. The van der Waals surface area contributed by atoms with Gasteiger partial charge in [0.05, 0.1) is 0 Å². The zero-order valence-electron chi connectivity index (χ0n) is 13.9. The summed E-state index contributed by atoms with van der Waals surface area (Å²) in [5, 5.41) is 4.03. The number of aromatic nitrogens is 2. The van der Waals surface area contributed by atoms with Gasteiger partial charge in [0, 0.05) is 24.9 Å². The Hall–Kier alpha value is -2.44. The molecule has 7 heteroatoms. The van der Waals surface area contributed by atoms with Gasteiger partial charge in [0.2, 0.25) is 5.91 Å². The van der Waals surface area contributed by atoms with E-state index in [2.05, 4.69) is 10.1 Å². The number of likely N-dealkylation sites (tertiary alicyclic amines) is 1. The Labute approximate surface area is 145 Å². The van der Waals surface area contributed by atoms with Gasteiger partial charge in [-0.3, -0.25) is 4.79 Å². The van der Waals surface area contributed by atoms with E-state index in [4.69, 9.17) is 9.26 Å². The number of ether oxygens (including phenoxy) is 1. The fraction of sp³-hybridized carbons (Fsp3) is 0.500. The third-order valence-electron chi connectivity index (χ3n) is 4.70. The minimum atomic E-state index is -0.427. The van der Waals surface area contributed by atoms with Crippen molar-refractivity contribution in [3.05, 3.63) is 41.8 Å². The van der Waals surface area contributed by atoms with Crippen molar-refractivity contribution in [3.8, 4) is 5.75 Å². The number of hydrogen-bond donors (Lipinski definition) is 0. The highest BCUT2D eigenvalue weighted by Gasteiger charge is 2.36. The van der Waals surface area contributed by atoms with Crippen LogP contribution in [0.3, 0.4) is 0 Å². The van der Waals surface area contributed by atoms with Gasteiger partial charge in [-0.2, -0.15) is 4.98 Å². The normalized spacial score (nSPS) is 20.5. The maximum Gasteiger partial charge on any atom is 0.264 e. The molecule has 1 saturated heterocycles. The number of hydrogen-bond acceptors (Lipinski definition) is 5. The first-order valence-electron chi connectivity index (χ1n) is 8.69. The Kier molecular flexibility index (Phi) is 4.38. The van der Waals surface area contributed by atoms with E-state index in [9.17, 15) is 9.18 Å². The molecule has 0 radical (unpaired) electrons. The van der Waals surface area contributed by atoms with E-state index in [0.29, 0.717) is 18.3 Å². The second kappa shape index (κ2) is 6.82. The molecular weight excluding hydrogens is 325 g/mol. The van der Waals surface area contributed by atoms with Crippen LogP contribution >= 0.6 is 0 Å². The van der Waals surface area contributed by atoms with Crippen LogP contribution < -0.4 is 4.74 Å². The number of amides is 1. The van der Waals surface area contributed by atoms with Gasteiger partial charge in [-0.1, -0.05) is 17.3 Å². The molecule has 132 valence electrons. The minimum absolute atomic E-state index is 0.0192. The van der Waals surface area contributed by atoms with Crippen LogP contribution in [0.1, 0.15) is 43.3 Å². The molecule has 1 saturated carbocycles. The maximum atomic E-state index is 13.5. The van der Waals surface area contributed by atoms with E-state index in [-0.39, 0.29) is 30.1 Å². The standard InChI is InChI=1S/C18H20FN3O3/c19-14-5-1-2-6-15(14)24-11-16-20-17(21-25-16)13-4-3-9-22(10-13)18(23)12-7-8-12/h1-2,5-6,12-13H,3-4,7-11H2. The van der Waals surface area contributed by atoms with Crippen LogP contribution in [-0.4, -0.2) is 34.0 Å². The van der Waals surface area contributed by atoms with Gasteiger partial charge >= 0.3 is 0 Å². The van der Waals surface area contributed by atoms with E-state index in [0.717, 1.165) is 32.2 Å². The van der Waals surface area contributed by atoms with E-state index >= 15 is 0 Å². The molecule has 2 fully saturated rings. The van der Waals surface area contributed by atoms with Crippen molar-refractivity contribution in [1.82, 2.24) is 15.0 Å². The molecule has 0 bridgehead atoms. The Bertz CT molecular complexity index is 760. The molecule has 2 aliphatic rings. The highest BCUT2D eigenvalue weighted by atomic mass is 19.1. The van der Waals surface area contributed by atoms with Gasteiger partial charge in [-0.25, -0.2) is 4.39 Å². The fourth-order valence-corrected chi connectivity index (χ4v) is 3.17. The van der Waals surface area contributed by atoms with Crippen molar-refractivity contribution in [2.24, 2.45) is 5.92 Å². The van der Waals surface area contributed by atoms with Crippen LogP contribution in [0.25, 0.3) is 0 Å². The van der Waals surface area contributed by atoms with Gasteiger partial charge in [0.15, 0.2) is 24.0 Å². The van der Waals surface area contributed by atoms with Crippen LogP contribution in [0.4, 0.5) is 4.39 Å². The molecule has 4 rings (SSSR count). The SMILES string of the molecule is O=C(C1CC1)N1CCCC(c2noc(COc3ccccc3F)n2)C1. The smallest absolute Gasteiger partial charge is 0.264 e. The van der Waals surface area contributed by atoms with Gasteiger partial charge < -0.3 is 14.2 Å². The van der Waals surface area contributed by atoms with Crippen LogP contribution in [0.15, 0.2) is 28.8 Å². The van der Waals surface area contributed by atoms with Gasteiger partial charge in [-0.15, -0.1) is 0 Å². The second-order valence-electron chi connectivity index (χ2n) is 6.66. The quantitative estimate of drug-likeness (QED) is 0.833. The monoisotopic (exact) mass is 345 g/mol. The van der Waals surface area contributed by atoms with Crippen molar-refractivity contribution >= 4 is 5.91 Å². The van der Waals surface area contributed by atoms with E-state index < -0.39 is 5.82 Å². The summed E-state index contributed by atoms with van der Waals surface area (Å²) in [4.78, 5) is 18.5. The average molecular weight is 345 g/mol. The molecule has 1 aliphatic heterocycles. The number of carbonyl (C=O) groups is 1. The predicted molar refractivity (Wildman–Crippen MR) is 86.3 cm³/mol. The molecule has 6 nitrogen and oxygen atoms in total. The van der Waals surface area contributed by atoms with Crippen molar-refractivity contribution in [2.45, 2.75) is 38.2 Å². The number of para-hydroxylation sites is 1. The third-order valence-corrected chi connectivity index (χ3v) is 4.70. The highest BCUT2D eigenvalue weighted by Crippen LogP contribution is 2.34. The lowest BCUT2D eigenvalue weighted by Crippen LogP contribution is -2.40. The zero-order valence-corrected chi connectivity index (χ0v) is 13.9. The summed E-state index contributed by atoms with van der Waals surface area (Å²) in [6.45, 7) is 1.47. The summed E-state index contributed by atoms with van der Waals surface area (Å²) in [6, 6.07) is 6.19. The van der Waals surface area contributed by atoms with E-state index in [1.807, 2.05) is 4.90 Å². The number of nitrogens with zero attached hydrogens (tertiary/aromatic N) is 3. The molecule has 2 aromatic rings. The molecule has 1 aromatic carbocycles. The Morgan fingerprint density at radius 3 is 2.96 bits per heavy atom. The average Bonchev–Trinajstić information content (AvgIpc) is 3.38. The van der Waals surface area contributed by atoms with Crippen molar-refractivity contribution in [1.29, 1.82) is 0 Å².